The minimum absolute atomic E-state index is 0.268. The third-order valence-corrected chi connectivity index (χ3v) is 2.82. The Bertz CT molecular complexity index is 331. The molecule has 0 radical (unpaired) electrons. The molecule has 14 heavy (non-hydrogen) atoms. The molecule has 0 bridgehead atoms. The quantitative estimate of drug-likeness (QED) is 0.792. The van der Waals surface area contributed by atoms with E-state index in [2.05, 4.69) is 19.1 Å². The average Bonchev–Trinajstić information content (AvgIpc) is 2.64. The second kappa shape index (κ2) is 4.01. The topological polar surface area (TPSA) is 29.5 Å². The molecule has 2 heteroatoms. The predicted octanol–water partition coefficient (Wildman–Crippen LogP) is 1.85. The Hall–Kier alpha value is -1.02. The number of aliphatic hydroxyl groups is 1. The lowest BCUT2D eigenvalue weighted by Crippen LogP contribution is -1.97. The van der Waals surface area contributed by atoms with Gasteiger partial charge in [-0.05, 0) is 37.0 Å². The maximum atomic E-state index is 8.84. The lowest BCUT2D eigenvalue weighted by atomic mass is 9.96. The molecular weight excluding hydrogens is 176 g/mol. The van der Waals surface area contributed by atoms with E-state index in [9.17, 15) is 0 Å². The molecule has 0 fully saturated rings. The lowest BCUT2D eigenvalue weighted by Gasteiger charge is -2.09. The Morgan fingerprint density at radius 2 is 2.29 bits per heavy atom. The van der Waals surface area contributed by atoms with Gasteiger partial charge in [-0.15, -0.1) is 0 Å². The van der Waals surface area contributed by atoms with Crippen LogP contribution in [0.5, 0.6) is 5.75 Å². The maximum Gasteiger partial charge on any atom is 0.122 e. The van der Waals surface area contributed by atoms with Gasteiger partial charge in [0.2, 0.25) is 0 Å². The fourth-order valence-electron chi connectivity index (χ4n) is 2.06. The second-order valence-electron chi connectivity index (χ2n) is 3.76. The van der Waals surface area contributed by atoms with E-state index in [4.69, 9.17) is 9.84 Å². The van der Waals surface area contributed by atoms with Crippen molar-refractivity contribution in [3.63, 3.8) is 0 Å². The highest BCUT2D eigenvalue weighted by Gasteiger charge is 2.16. The second-order valence-corrected chi connectivity index (χ2v) is 3.76. The Morgan fingerprint density at radius 1 is 1.43 bits per heavy atom. The summed E-state index contributed by atoms with van der Waals surface area (Å²) in [5, 5.41) is 8.84. The zero-order chi connectivity index (χ0) is 9.97. The van der Waals surface area contributed by atoms with Gasteiger partial charge >= 0.3 is 0 Å². The van der Waals surface area contributed by atoms with Crippen LogP contribution in [0.1, 0.15) is 23.1 Å². The van der Waals surface area contributed by atoms with Crippen LogP contribution in [-0.4, -0.2) is 18.3 Å². The first kappa shape index (κ1) is 9.53. The zero-order valence-electron chi connectivity index (χ0n) is 8.55. The Kier molecular flexibility index (Phi) is 2.73. The molecule has 1 N–H and O–H groups in total. The van der Waals surface area contributed by atoms with Gasteiger partial charge in [-0.1, -0.05) is 6.07 Å². The molecule has 0 aliphatic carbocycles. The van der Waals surface area contributed by atoms with Gasteiger partial charge in [-0.2, -0.15) is 0 Å². The average molecular weight is 192 g/mol. The smallest absolute Gasteiger partial charge is 0.122 e. The minimum atomic E-state index is 0.268. The van der Waals surface area contributed by atoms with E-state index in [1.807, 2.05) is 0 Å². The molecule has 1 aliphatic rings. The van der Waals surface area contributed by atoms with Crippen LogP contribution in [0, 0.1) is 6.92 Å². The highest BCUT2D eigenvalue weighted by molar-refractivity contribution is 5.46. The van der Waals surface area contributed by atoms with Gasteiger partial charge in [0.05, 0.1) is 6.61 Å². The van der Waals surface area contributed by atoms with Crippen molar-refractivity contribution in [3.05, 3.63) is 28.8 Å². The first-order valence-corrected chi connectivity index (χ1v) is 5.18. The Labute approximate surface area is 84.5 Å². The van der Waals surface area contributed by atoms with Crippen LogP contribution in [0.3, 0.4) is 0 Å². The Balaban J connectivity index is 2.31. The van der Waals surface area contributed by atoms with E-state index < -0.39 is 0 Å². The van der Waals surface area contributed by atoms with Gasteiger partial charge in [-0.25, -0.2) is 0 Å². The predicted molar refractivity (Wildman–Crippen MR) is 55.8 cm³/mol. The number of rotatable bonds is 3. The standard InChI is InChI=1S/C12H16O2/c1-9-4-5-12-11(6-8-14-12)10(9)3-2-7-13/h4-5,13H,2-3,6-8H2,1H3. The van der Waals surface area contributed by atoms with E-state index in [1.54, 1.807) is 0 Å². The molecule has 1 aliphatic heterocycles. The summed E-state index contributed by atoms with van der Waals surface area (Å²) < 4.78 is 5.51. The van der Waals surface area contributed by atoms with E-state index in [1.165, 1.54) is 16.7 Å². The molecule has 1 aromatic rings. The van der Waals surface area contributed by atoms with Gasteiger partial charge < -0.3 is 9.84 Å². The van der Waals surface area contributed by atoms with Crippen LogP contribution in [0.4, 0.5) is 0 Å². The molecule has 0 amide bonds. The summed E-state index contributed by atoms with van der Waals surface area (Å²) >= 11 is 0. The number of hydrogen-bond donors (Lipinski definition) is 1. The number of fused-ring (bicyclic) bond motifs is 1. The van der Waals surface area contributed by atoms with E-state index in [-0.39, 0.29) is 6.61 Å². The molecule has 76 valence electrons. The van der Waals surface area contributed by atoms with Crippen molar-refractivity contribution in [1.29, 1.82) is 0 Å². The van der Waals surface area contributed by atoms with Crippen molar-refractivity contribution in [3.8, 4) is 5.75 Å². The highest BCUT2D eigenvalue weighted by Crippen LogP contribution is 2.31. The molecule has 0 spiro atoms. The number of hydrogen-bond acceptors (Lipinski definition) is 2. The molecule has 1 heterocycles. The summed E-state index contributed by atoms with van der Waals surface area (Å²) in [6, 6.07) is 4.16. The summed E-state index contributed by atoms with van der Waals surface area (Å²) in [6.07, 6.45) is 2.84. The number of benzene rings is 1. The minimum Gasteiger partial charge on any atom is -0.493 e. The van der Waals surface area contributed by atoms with Crippen molar-refractivity contribution in [2.75, 3.05) is 13.2 Å². The molecule has 0 saturated heterocycles. The summed E-state index contributed by atoms with van der Waals surface area (Å²) in [7, 11) is 0. The van der Waals surface area contributed by atoms with Crippen molar-refractivity contribution < 1.29 is 9.84 Å². The molecule has 0 unspecified atom stereocenters. The molecule has 0 aromatic heterocycles. The van der Waals surface area contributed by atoms with Gasteiger partial charge in [-0.3, -0.25) is 0 Å². The summed E-state index contributed by atoms with van der Waals surface area (Å²) in [4.78, 5) is 0. The summed E-state index contributed by atoms with van der Waals surface area (Å²) in [5.41, 5.74) is 4.07. The zero-order valence-corrected chi connectivity index (χ0v) is 8.55. The molecular formula is C12H16O2. The van der Waals surface area contributed by atoms with E-state index in [0.717, 1.165) is 31.6 Å². The number of aliphatic hydroxyl groups excluding tert-OH is 1. The monoisotopic (exact) mass is 192 g/mol. The van der Waals surface area contributed by atoms with Gasteiger partial charge in [0, 0.05) is 18.6 Å². The first-order valence-electron chi connectivity index (χ1n) is 5.18. The molecule has 0 saturated carbocycles. The normalized spacial score (nSPS) is 13.9. The summed E-state index contributed by atoms with van der Waals surface area (Å²) in [6.45, 7) is 3.21. The van der Waals surface area contributed by atoms with Crippen molar-refractivity contribution in [2.45, 2.75) is 26.2 Å². The molecule has 2 nitrogen and oxygen atoms in total. The maximum absolute atomic E-state index is 8.84. The highest BCUT2D eigenvalue weighted by atomic mass is 16.5. The number of ether oxygens (including phenoxy) is 1. The number of aryl methyl sites for hydroxylation is 1. The fourth-order valence-corrected chi connectivity index (χ4v) is 2.06. The fraction of sp³-hybridized carbons (Fsp3) is 0.500. The molecule has 0 atom stereocenters. The van der Waals surface area contributed by atoms with E-state index in [0.29, 0.717) is 0 Å². The van der Waals surface area contributed by atoms with Crippen LogP contribution < -0.4 is 4.74 Å². The van der Waals surface area contributed by atoms with Crippen LogP contribution >= 0.6 is 0 Å². The Morgan fingerprint density at radius 3 is 3.07 bits per heavy atom. The van der Waals surface area contributed by atoms with Gasteiger partial charge in [0.25, 0.3) is 0 Å². The van der Waals surface area contributed by atoms with Crippen LogP contribution in [0.25, 0.3) is 0 Å². The molecule has 1 aromatic carbocycles. The largest absolute Gasteiger partial charge is 0.493 e. The summed E-state index contributed by atoms with van der Waals surface area (Å²) in [5.74, 6) is 1.04. The first-order chi connectivity index (χ1) is 6.83. The van der Waals surface area contributed by atoms with Gasteiger partial charge in [0.15, 0.2) is 0 Å². The third kappa shape index (κ3) is 1.62. The van der Waals surface area contributed by atoms with Gasteiger partial charge in [0.1, 0.15) is 5.75 Å². The molecule has 2 rings (SSSR count). The third-order valence-electron chi connectivity index (χ3n) is 2.82. The van der Waals surface area contributed by atoms with E-state index >= 15 is 0 Å². The van der Waals surface area contributed by atoms with Crippen LogP contribution in [0.15, 0.2) is 12.1 Å². The van der Waals surface area contributed by atoms with Crippen molar-refractivity contribution in [1.82, 2.24) is 0 Å². The van der Waals surface area contributed by atoms with Crippen LogP contribution in [0.2, 0.25) is 0 Å². The SMILES string of the molecule is Cc1ccc2c(c1CCCO)CCO2. The lowest BCUT2D eigenvalue weighted by molar-refractivity contribution is 0.288. The van der Waals surface area contributed by atoms with Crippen molar-refractivity contribution in [2.24, 2.45) is 0 Å². The van der Waals surface area contributed by atoms with Crippen molar-refractivity contribution >= 4 is 0 Å². The van der Waals surface area contributed by atoms with Crippen LogP contribution in [-0.2, 0) is 12.8 Å².